The van der Waals surface area contributed by atoms with Gasteiger partial charge in [0.15, 0.2) is 11.5 Å². The van der Waals surface area contributed by atoms with Crippen LogP contribution in [0.2, 0.25) is 0 Å². The molecule has 2 heterocycles. The summed E-state index contributed by atoms with van der Waals surface area (Å²) in [5.41, 5.74) is -3.63. The molecule has 1 fully saturated rings. The maximum absolute atomic E-state index is 15.4. The highest BCUT2D eigenvalue weighted by atomic mass is 19.3. The van der Waals surface area contributed by atoms with Crippen LogP contribution in [0.4, 0.5) is 18.9 Å². The van der Waals surface area contributed by atoms with Gasteiger partial charge in [-0.1, -0.05) is 19.9 Å². The van der Waals surface area contributed by atoms with Crippen LogP contribution >= 0.6 is 0 Å². The molecular formula is C26H24B3F3N2O6. The largest absolute Gasteiger partial charge is 0.586 e. The maximum atomic E-state index is 15.4. The summed E-state index contributed by atoms with van der Waals surface area (Å²) in [6.45, 7) is 2.50. The predicted octanol–water partition coefficient (Wildman–Crippen LogP) is 1.88. The number of carbonyl (C=O) groups is 1. The van der Waals surface area contributed by atoms with E-state index in [9.17, 15) is 28.9 Å². The maximum Gasteiger partial charge on any atom is 0.586 e. The van der Waals surface area contributed by atoms with E-state index in [1.165, 1.54) is 28.8 Å². The van der Waals surface area contributed by atoms with Crippen molar-refractivity contribution < 1.29 is 42.8 Å². The number of halogens is 3. The van der Waals surface area contributed by atoms with E-state index >= 15 is 4.39 Å². The van der Waals surface area contributed by atoms with Crippen LogP contribution < -0.4 is 14.8 Å². The van der Waals surface area contributed by atoms with E-state index in [1.807, 2.05) is 0 Å². The second-order valence-corrected chi connectivity index (χ2v) is 11.2. The number of alkyl halides is 2. The second kappa shape index (κ2) is 8.96. The molecule has 40 heavy (non-hydrogen) atoms. The number of anilines is 1. The van der Waals surface area contributed by atoms with Crippen LogP contribution in [0.5, 0.6) is 11.5 Å². The van der Waals surface area contributed by atoms with Crippen LogP contribution in [0.3, 0.4) is 0 Å². The fraction of sp³-hybridized carbons (Fsp3) is 0.423. The van der Waals surface area contributed by atoms with Crippen molar-refractivity contribution in [2.24, 2.45) is 0 Å². The molecule has 0 spiro atoms. The third-order valence-electron chi connectivity index (χ3n) is 7.56. The molecular weight excluding hydrogens is 526 g/mol. The van der Waals surface area contributed by atoms with Crippen molar-refractivity contribution in [3.63, 3.8) is 0 Å². The van der Waals surface area contributed by atoms with Gasteiger partial charge >= 0.3 is 6.29 Å². The Kier molecular flexibility index (Phi) is 6.37. The number of hydrogen-bond donors (Lipinski definition) is 4. The molecule has 2 aromatic carbocycles. The zero-order chi connectivity index (χ0) is 29.5. The van der Waals surface area contributed by atoms with Gasteiger partial charge in [-0.15, -0.1) is 8.78 Å². The number of hydrogen-bond acceptors (Lipinski definition) is 6. The molecule has 0 saturated heterocycles. The van der Waals surface area contributed by atoms with E-state index in [4.69, 9.17) is 23.5 Å². The normalized spacial score (nSPS) is 18.9. The number of carbonyl (C=O) groups excluding carboxylic acids is 1. The number of amides is 1. The van der Waals surface area contributed by atoms with Crippen LogP contribution in [-0.2, 0) is 22.2 Å². The number of aliphatic hydroxyl groups excluding tert-OH is 1. The van der Waals surface area contributed by atoms with Crippen molar-refractivity contribution in [3.05, 3.63) is 53.5 Å². The highest BCUT2D eigenvalue weighted by molar-refractivity contribution is 6.43. The Morgan fingerprint density at radius 3 is 2.33 bits per heavy atom. The Hall–Kier alpha value is -3.09. The minimum atomic E-state index is -3.80. The van der Waals surface area contributed by atoms with Crippen LogP contribution in [-0.4, -0.2) is 73.1 Å². The Labute approximate surface area is 231 Å². The van der Waals surface area contributed by atoms with Gasteiger partial charge in [0.2, 0.25) is 5.91 Å². The smallest absolute Gasteiger partial charge is 0.407 e. The van der Waals surface area contributed by atoms with E-state index in [0.717, 1.165) is 6.07 Å². The van der Waals surface area contributed by atoms with Gasteiger partial charge in [-0.3, -0.25) is 4.79 Å². The average Bonchev–Trinajstić information content (AvgIpc) is 3.50. The molecule has 3 aromatic rings. The van der Waals surface area contributed by atoms with E-state index in [0.29, 0.717) is 29.5 Å². The first kappa shape index (κ1) is 28.4. The molecule has 1 saturated carbocycles. The third kappa shape index (κ3) is 4.75. The van der Waals surface area contributed by atoms with Gasteiger partial charge in [0.05, 0.1) is 28.7 Å². The van der Waals surface area contributed by atoms with Crippen molar-refractivity contribution in [2.45, 2.75) is 61.3 Å². The first-order valence-corrected chi connectivity index (χ1v) is 12.4. The molecule has 1 aromatic heterocycles. The van der Waals surface area contributed by atoms with Crippen molar-refractivity contribution >= 4 is 46.0 Å². The molecule has 4 N–H and O–H groups in total. The standard InChI is InChI=1S/C26H24B3F3N2O6/c1-22(2,12-35)20-8-13-7-16(15(30)10-17(13)34(20)11-24(27,37)25(28,29)38)33-21(36)23(5-6-23)14-3-4-18-19(9-14)40-26(31,32)39-18/h3-4,7-10,35,37-38H,5-6,11-12H2,1-2H3,(H,33,36). The number of nitrogens with zero attached hydrogens (tertiary/aromatic N) is 1. The lowest BCUT2D eigenvalue weighted by atomic mass is 9.49. The molecule has 1 aliphatic carbocycles. The van der Waals surface area contributed by atoms with Crippen molar-refractivity contribution in [1.29, 1.82) is 0 Å². The Balaban J connectivity index is 1.49. The van der Waals surface area contributed by atoms with Crippen LogP contribution in [0.1, 0.15) is 37.9 Å². The van der Waals surface area contributed by atoms with E-state index in [2.05, 4.69) is 14.8 Å². The molecule has 1 atom stereocenters. The fourth-order valence-electron chi connectivity index (χ4n) is 4.82. The molecule has 2 aliphatic rings. The van der Waals surface area contributed by atoms with Gasteiger partial charge in [0, 0.05) is 34.5 Å². The van der Waals surface area contributed by atoms with Crippen molar-refractivity contribution in [1.82, 2.24) is 4.57 Å². The fourth-order valence-corrected chi connectivity index (χ4v) is 4.82. The molecule has 14 heteroatoms. The molecule has 1 unspecified atom stereocenters. The van der Waals surface area contributed by atoms with E-state index in [1.54, 1.807) is 19.9 Å². The molecule has 204 valence electrons. The molecule has 0 bridgehead atoms. The number of benzene rings is 2. The summed E-state index contributed by atoms with van der Waals surface area (Å²) in [4.78, 5) is 13.3. The number of nitrogens with one attached hydrogen (secondary N) is 1. The van der Waals surface area contributed by atoms with Gasteiger partial charge in [0.25, 0.3) is 0 Å². The van der Waals surface area contributed by atoms with Gasteiger partial charge in [-0.05, 0) is 42.7 Å². The predicted molar refractivity (Wildman–Crippen MR) is 141 cm³/mol. The SMILES string of the molecule is [B]C([B])(O)C([B])(O)Cn1c(C(C)(C)CO)cc2cc(NC(=O)C3(c4ccc5c(c4)OC(F)(F)O5)CC3)c(F)cc21. The third-order valence-corrected chi connectivity index (χ3v) is 7.56. The highest BCUT2D eigenvalue weighted by Gasteiger charge is 2.53. The van der Waals surface area contributed by atoms with E-state index < -0.39 is 46.3 Å². The summed E-state index contributed by atoms with van der Waals surface area (Å²) in [7, 11) is 16.7. The summed E-state index contributed by atoms with van der Waals surface area (Å²) in [5, 5.41) is 30.8. The van der Waals surface area contributed by atoms with Crippen molar-refractivity contribution in [2.75, 3.05) is 11.9 Å². The van der Waals surface area contributed by atoms with Gasteiger partial charge in [-0.25, -0.2) is 4.39 Å². The van der Waals surface area contributed by atoms with Crippen LogP contribution in [0.25, 0.3) is 10.9 Å². The van der Waals surface area contributed by atoms with Crippen molar-refractivity contribution in [3.8, 4) is 11.5 Å². The number of fused-ring (bicyclic) bond motifs is 2. The number of rotatable bonds is 8. The van der Waals surface area contributed by atoms with Gasteiger partial charge in [0.1, 0.15) is 29.4 Å². The average molecular weight is 550 g/mol. The topological polar surface area (TPSA) is 113 Å². The number of aromatic nitrogens is 1. The molecule has 5 rings (SSSR count). The lowest BCUT2D eigenvalue weighted by Gasteiger charge is -2.39. The highest BCUT2D eigenvalue weighted by Crippen LogP contribution is 2.52. The summed E-state index contributed by atoms with van der Waals surface area (Å²) in [6.07, 6.45) is -2.99. The van der Waals surface area contributed by atoms with Crippen LogP contribution in [0, 0.1) is 5.82 Å². The summed E-state index contributed by atoms with van der Waals surface area (Å²) < 4.78 is 52.6. The minimum Gasteiger partial charge on any atom is -0.407 e. The second-order valence-electron chi connectivity index (χ2n) is 11.2. The first-order valence-electron chi connectivity index (χ1n) is 12.4. The minimum absolute atomic E-state index is 0.153. The van der Waals surface area contributed by atoms with Crippen LogP contribution in [0.15, 0.2) is 36.4 Å². The lowest BCUT2D eigenvalue weighted by molar-refractivity contribution is -0.286. The molecule has 1 aliphatic heterocycles. The van der Waals surface area contributed by atoms with E-state index in [-0.39, 0.29) is 29.3 Å². The Bertz CT molecular complexity index is 1520. The lowest BCUT2D eigenvalue weighted by Crippen LogP contribution is -2.58. The molecule has 6 radical (unpaired) electrons. The van der Waals surface area contributed by atoms with Gasteiger partial charge < -0.3 is 34.7 Å². The summed E-state index contributed by atoms with van der Waals surface area (Å²) in [6, 6.07) is 8.19. The zero-order valence-corrected chi connectivity index (χ0v) is 21.7. The molecule has 1 amide bonds. The summed E-state index contributed by atoms with van der Waals surface area (Å²) in [5.74, 6) is -1.72. The zero-order valence-electron chi connectivity index (χ0n) is 21.7. The number of aliphatic hydroxyl groups is 3. The van der Waals surface area contributed by atoms with Gasteiger partial charge in [-0.2, -0.15) is 0 Å². The first-order chi connectivity index (χ1) is 18.4. The summed E-state index contributed by atoms with van der Waals surface area (Å²) >= 11 is 0. The quantitative estimate of drug-likeness (QED) is 0.319. The molecule has 8 nitrogen and oxygen atoms in total. The monoisotopic (exact) mass is 550 g/mol. The Morgan fingerprint density at radius 1 is 1.07 bits per heavy atom. The number of ether oxygens (including phenoxy) is 2. The Morgan fingerprint density at radius 2 is 1.73 bits per heavy atom.